The summed E-state index contributed by atoms with van der Waals surface area (Å²) in [4.78, 5) is 10.3. The lowest BCUT2D eigenvalue weighted by Gasteiger charge is -2.17. The summed E-state index contributed by atoms with van der Waals surface area (Å²) in [5.74, 6) is -0.757. The van der Waals surface area contributed by atoms with Crippen LogP contribution in [0.1, 0.15) is 20.3 Å². The van der Waals surface area contributed by atoms with Gasteiger partial charge >= 0.3 is 0 Å². The van der Waals surface area contributed by atoms with Crippen molar-refractivity contribution in [1.29, 1.82) is 0 Å². The number of carbonyl (C=O) groups excluding carboxylic acids is 1. The first kappa shape index (κ1) is 10.4. The van der Waals surface area contributed by atoms with Crippen molar-refractivity contribution in [2.75, 3.05) is 0 Å². The van der Waals surface area contributed by atoms with Crippen LogP contribution in [0, 0.1) is 0 Å². The van der Waals surface area contributed by atoms with Crippen molar-refractivity contribution >= 4 is 16.0 Å². The van der Waals surface area contributed by atoms with Crippen molar-refractivity contribution in [3.8, 4) is 0 Å². The highest BCUT2D eigenvalue weighted by Crippen LogP contribution is 2.18. The van der Waals surface area contributed by atoms with E-state index in [2.05, 4.69) is 0 Å². The van der Waals surface area contributed by atoms with Crippen molar-refractivity contribution < 1.29 is 17.8 Å². The van der Waals surface area contributed by atoms with Gasteiger partial charge in [-0.15, -0.1) is 0 Å². The highest BCUT2D eigenvalue weighted by Gasteiger charge is 2.34. The number of primary amides is 1. The fraction of sp³-hybridized carbons (Fsp3) is 0.800. The van der Waals surface area contributed by atoms with Crippen molar-refractivity contribution in [3.05, 3.63) is 0 Å². The van der Waals surface area contributed by atoms with Gasteiger partial charge in [-0.05, 0) is 13.8 Å². The first-order valence-corrected chi connectivity index (χ1v) is 4.36. The minimum absolute atomic E-state index is 0.383. The molecule has 0 aliphatic heterocycles. The molecular formula is C5H11NO4S. The Morgan fingerprint density at radius 1 is 1.55 bits per heavy atom. The third-order valence-electron chi connectivity index (χ3n) is 1.30. The van der Waals surface area contributed by atoms with E-state index >= 15 is 0 Å². The summed E-state index contributed by atoms with van der Waals surface area (Å²) < 4.78 is 28.1. The van der Waals surface area contributed by atoms with Gasteiger partial charge in [-0.1, -0.05) is 0 Å². The SMILES string of the molecule is CC(C)(CC(N)=O)S(=O)(=O)O. The van der Waals surface area contributed by atoms with E-state index in [-0.39, 0.29) is 6.42 Å². The number of amides is 1. The van der Waals surface area contributed by atoms with Gasteiger partial charge in [0.25, 0.3) is 10.1 Å². The second kappa shape index (κ2) is 2.78. The fourth-order valence-electron chi connectivity index (χ4n) is 0.511. The van der Waals surface area contributed by atoms with Crippen LogP contribution in [0.5, 0.6) is 0 Å². The van der Waals surface area contributed by atoms with Crippen LogP contribution in [0.25, 0.3) is 0 Å². The molecule has 3 N–H and O–H groups in total. The molecule has 0 aromatic rings. The molecule has 0 heterocycles. The summed E-state index contributed by atoms with van der Waals surface area (Å²) in [7, 11) is -4.20. The third-order valence-corrected chi connectivity index (χ3v) is 2.84. The maximum absolute atomic E-state index is 10.5. The van der Waals surface area contributed by atoms with Crippen LogP contribution in [0.15, 0.2) is 0 Å². The predicted octanol–water partition coefficient (Wildman–Crippen LogP) is -0.472. The molecule has 66 valence electrons. The Kier molecular flexibility index (Phi) is 2.63. The van der Waals surface area contributed by atoms with Crippen molar-refractivity contribution in [2.24, 2.45) is 5.73 Å². The van der Waals surface area contributed by atoms with Gasteiger partial charge in [0, 0.05) is 6.42 Å². The van der Waals surface area contributed by atoms with Gasteiger partial charge in [-0.25, -0.2) is 0 Å². The Balaban J connectivity index is 4.62. The molecule has 0 aliphatic carbocycles. The van der Waals surface area contributed by atoms with Gasteiger partial charge in [0.1, 0.15) is 4.75 Å². The normalized spacial score (nSPS) is 13.0. The molecule has 0 saturated carbocycles. The van der Waals surface area contributed by atoms with E-state index in [1.165, 1.54) is 13.8 Å². The Labute approximate surface area is 65.3 Å². The van der Waals surface area contributed by atoms with Gasteiger partial charge in [-0.2, -0.15) is 8.42 Å². The standard InChI is InChI=1S/C5H11NO4S/c1-5(2,3-4(6)7)11(8,9)10/h3H2,1-2H3,(H2,6,7)(H,8,9,10). The molecule has 0 fully saturated rings. The zero-order valence-corrected chi connectivity index (χ0v) is 7.18. The van der Waals surface area contributed by atoms with E-state index in [9.17, 15) is 13.2 Å². The van der Waals surface area contributed by atoms with Gasteiger partial charge in [0.05, 0.1) is 0 Å². The van der Waals surface area contributed by atoms with Crippen LogP contribution in [0.4, 0.5) is 0 Å². The van der Waals surface area contributed by atoms with Crippen LogP contribution in [0.2, 0.25) is 0 Å². The zero-order valence-electron chi connectivity index (χ0n) is 6.36. The summed E-state index contributed by atoms with van der Waals surface area (Å²) in [5.41, 5.74) is 4.76. The maximum atomic E-state index is 10.5. The zero-order chi connectivity index (χ0) is 9.28. The molecule has 5 nitrogen and oxygen atoms in total. The van der Waals surface area contributed by atoms with E-state index in [1.54, 1.807) is 0 Å². The van der Waals surface area contributed by atoms with Crippen LogP contribution in [0.3, 0.4) is 0 Å². The Morgan fingerprint density at radius 2 is 1.91 bits per heavy atom. The molecule has 0 bridgehead atoms. The Morgan fingerprint density at radius 3 is 2.00 bits per heavy atom. The molecular weight excluding hydrogens is 170 g/mol. The number of hydrogen-bond donors (Lipinski definition) is 2. The average Bonchev–Trinajstić information content (AvgIpc) is 1.56. The summed E-state index contributed by atoms with van der Waals surface area (Å²) in [6, 6.07) is 0. The molecule has 1 amide bonds. The van der Waals surface area contributed by atoms with Crippen LogP contribution in [-0.2, 0) is 14.9 Å². The van der Waals surface area contributed by atoms with E-state index in [0.717, 1.165) is 0 Å². The smallest absolute Gasteiger partial charge is 0.270 e. The average molecular weight is 181 g/mol. The lowest BCUT2D eigenvalue weighted by atomic mass is 10.1. The molecule has 0 spiro atoms. The van der Waals surface area contributed by atoms with Crippen LogP contribution >= 0.6 is 0 Å². The molecule has 6 heteroatoms. The lowest BCUT2D eigenvalue weighted by Crippen LogP contribution is -2.36. The van der Waals surface area contributed by atoms with Crippen molar-refractivity contribution in [2.45, 2.75) is 25.0 Å². The molecule has 0 aromatic carbocycles. The summed E-state index contributed by atoms with van der Waals surface area (Å²) in [6.45, 7) is 2.46. The van der Waals surface area contributed by atoms with Gasteiger partial charge in [-0.3, -0.25) is 9.35 Å². The minimum atomic E-state index is -4.20. The Bertz CT molecular complexity index is 254. The lowest BCUT2D eigenvalue weighted by molar-refractivity contribution is -0.118. The fourth-order valence-corrected chi connectivity index (χ4v) is 0.835. The highest BCUT2D eigenvalue weighted by atomic mass is 32.2. The molecule has 0 aromatic heterocycles. The first-order valence-electron chi connectivity index (χ1n) is 2.92. The second-order valence-corrected chi connectivity index (χ2v) is 4.93. The van der Waals surface area contributed by atoms with Gasteiger partial charge in [0.15, 0.2) is 0 Å². The van der Waals surface area contributed by atoms with Crippen LogP contribution in [-0.4, -0.2) is 23.6 Å². The largest absolute Gasteiger partial charge is 0.370 e. The van der Waals surface area contributed by atoms with Crippen molar-refractivity contribution in [1.82, 2.24) is 0 Å². The molecule has 0 rings (SSSR count). The van der Waals surface area contributed by atoms with Gasteiger partial charge < -0.3 is 5.73 Å². The van der Waals surface area contributed by atoms with Crippen molar-refractivity contribution in [3.63, 3.8) is 0 Å². The maximum Gasteiger partial charge on any atom is 0.270 e. The van der Waals surface area contributed by atoms with Crippen LogP contribution < -0.4 is 5.73 Å². The monoisotopic (exact) mass is 181 g/mol. The molecule has 0 atom stereocenters. The minimum Gasteiger partial charge on any atom is -0.370 e. The van der Waals surface area contributed by atoms with E-state index in [0.29, 0.717) is 0 Å². The first-order chi connectivity index (χ1) is 4.67. The summed E-state index contributed by atoms with van der Waals surface area (Å²) in [5, 5.41) is 0. The number of nitrogens with two attached hydrogens (primary N) is 1. The molecule has 0 radical (unpaired) electrons. The number of hydrogen-bond acceptors (Lipinski definition) is 3. The molecule has 0 unspecified atom stereocenters. The Hall–Kier alpha value is -0.620. The second-order valence-electron chi connectivity index (χ2n) is 2.88. The number of carbonyl (C=O) groups is 1. The third kappa shape index (κ3) is 2.85. The van der Waals surface area contributed by atoms with E-state index in [1.807, 2.05) is 0 Å². The molecule has 0 saturated heterocycles. The summed E-state index contributed by atoms with van der Waals surface area (Å²) in [6.07, 6.45) is -0.383. The van der Waals surface area contributed by atoms with E-state index in [4.69, 9.17) is 10.3 Å². The topological polar surface area (TPSA) is 97.5 Å². The molecule has 11 heavy (non-hydrogen) atoms. The predicted molar refractivity (Wildman–Crippen MR) is 39.4 cm³/mol. The number of rotatable bonds is 3. The highest BCUT2D eigenvalue weighted by molar-refractivity contribution is 7.87. The molecule has 0 aliphatic rings. The van der Waals surface area contributed by atoms with E-state index < -0.39 is 20.8 Å². The van der Waals surface area contributed by atoms with Gasteiger partial charge in [0.2, 0.25) is 5.91 Å². The summed E-state index contributed by atoms with van der Waals surface area (Å²) >= 11 is 0. The quantitative estimate of drug-likeness (QED) is 0.575.